The molecule has 3 heterocycles. The summed E-state index contributed by atoms with van der Waals surface area (Å²) in [4.78, 5) is 21.1. The van der Waals surface area contributed by atoms with Crippen LogP contribution in [0, 0.1) is 5.82 Å². The number of carbonyl (C=O) groups excluding carboxylic acids is 1. The second-order valence-electron chi connectivity index (χ2n) is 5.83. The zero-order chi connectivity index (χ0) is 18.8. The molecule has 5 nitrogen and oxygen atoms in total. The van der Waals surface area contributed by atoms with E-state index >= 15 is 0 Å². The van der Waals surface area contributed by atoms with E-state index in [-0.39, 0.29) is 18.2 Å². The smallest absolute Gasteiger partial charge is 0.230 e. The number of aromatic nitrogens is 3. The number of pyridine rings is 1. The SMILES string of the molecule is O=C(CSc1nc2ncccc2n2cccc12)NCc1ccc(F)cc1Cl. The van der Waals surface area contributed by atoms with E-state index in [0.717, 1.165) is 16.1 Å². The lowest BCUT2D eigenvalue weighted by Gasteiger charge is -2.09. The molecule has 0 aliphatic carbocycles. The summed E-state index contributed by atoms with van der Waals surface area (Å²) in [5, 5.41) is 3.82. The summed E-state index contributed by atoms with van der Waals surface area (Å²) in [5.74, 6) is -0.365. The molecular weight excluding hydrogens is 387 g/mol. The third-order valence-corrected chi connectivity index (χ3v) is 5.36. The highest BCUT2D eigenvalue weighted by Gasteiger charge is 2.12. The van der Waals surface area contributed by atoms with Gasteiger partial charge in [-0.05, 0) is 42.0 Å². The highest BCUT2D eigenvalue weighted by Crippen LogP contribution is 2.25. The number of hydrogen-bond donors (Lipinski definition) is 1. The van der Waals surface area contributed by atoms with Crippen LogP contribution in [-0.2, 0) is 11.3 Å². The van der Waals surface area contributed by atoms with Crippen LogP contribution in [0.25, 0.3) is 16.7 Å². The molecule has 4 aromatic rings. The lowest BCUT2D eigenvalue weighted by Crippen LogP contribution is -2.24. The second-order valence-corrected chi connectivity index (χ2v) is 7.20. The number of nitrogens with zero attached hydrogens (tertiary/aromatic N) is 3. The molecule has 1 amide bonds. The Labute approximate surface area is 163 Å². The maximum atomic E-state index is 13.1. The van der Waals surface area contributed by atoms with Gasteiger partial charge in [0.1, 0.15) is 10.8 Å². The Bertz CT molecular complexity index is 1150. The molecule has 0 aliphatic heterocycles. The van der Waals surface area contributed by atoms with Crippen molar-refractivity contribution in [3.8, 4) is 0 Å². The van der Waals surface area contributed by atoms with Crippen LogP contribution < -0.4 is 5.32 Å². The summed E-state index contributed by atoms with van der Waals surface area (Å²) in [6.07, 6.45) is 3.64. The van der Waals surface area contributed by atoms with Gasteiger partial charge in [-0.2, -0.15) is 0 Å². The van der Waals surface area contributed by atoms with E-state index in [9.17, 15) is 9.18 Å². The summed E-state index contributed by atoms with van der Waals surface area (Å²) < 4.78 is 15.1. The fourth-order valence-corrected chi connectivity index (χ4v) is 3.80. The number of amides is 1. The molecule has 0 unspecified atom stereocenters. The minimum Gasteiger partial charge on any atom is -0.351 e. The molecule has 8 heteroatoms. The van der Waals surface area contributed by atoms with Crippen molar-refractivity contribution in [2.45, 2.75) is 11.6 Å². The summed E-state index contributed by atoms with van der Waals surface area (Å²) >= 11 is 7.32. The van der Waals surface area contributed by atoms with Crippen LogP contribution in [0.5, 0.6) is 0 Å². The van der Waals surface area contributed by atoms with E-state index in [1.54, 1.807) is 12.3 Å². The molecule has 27 heavy (non-hydrogen) atoms. The summed E-state index contributed by atoms with van der Waals surface area (Å²) in [5.41, 5.74) is 3.13. The number of fused-ring (bicyclic) bond motifs is 3. The van der Waals surface area contributed by atoms with Crippen LogP contribution in [0.1, 0.15) is 5.56 Å². The van der Waals surface area contributed by atoms with Crippen molar-refractivity contribution in [1.82, 2.24) is 19.7 Å². The van der Waals surface area contributed by atoms with E-state index in [1.807, 2.05) is 34.9 Å². The topological polar surface area (TPSA) is 59.3 Å². The molecule has 0 saturated heterocycles. The monoisotopic (exact) mass is 400 g/mol. The van der Waals surface area contributed by atoms with Gasteiger partial charge in [-0.3, -0.25) is 4.79 Å². The average molecular weight is 401 g/mol. The maximum absolute atomic E-state index is 13.1. The first-order valence-corrected chi connectivity index (χ1v) is 9.53. The quantitative estimate of drug-likeness (QED) is 0.513. The molecule has 0 bridgehead atoms. The minimum absolute atomic E-state index is 0.159. The van der Waals surface area contributed by atoms with Crippen molar-refractivity contribution >= 4 is 46.0 Å². The zero-order valence-corrected chi connectivity index (χ0v) is 15.6. The first kappa shape index (κ1) is 17.8. The van der Waals surface area contributed by atoms with Crippen LogP contribution >= 0.6 is 23.4 Å². The largest absolute Gasteiger partial charge is 0.351 e. The van der Waals surface area contributed by atoms with Gasteiger partial charge in [-0.15, -0.1) is 0 Å². The number of halogens is 2. The van der Waals surface area contributed by atoms with Crippen molar-refractivity contribution in [3.63, 3.8) is 0 Å². The highest BCUT2D eigenvalue weighted by molar-refractivity contribution is 8.00. The molecule has 0 radical (unpaired) electrons. The van der Waals surface area contributed by atoms with Crippen molar-refractivity contribution in [3.05, 3.63) is 71.3 Å². The molecule has 0 spiro atoms. The molecular formula is C19H14ClFN4OS. The lowest BCUT2D eigenvalue weighted by atomic mass is 10.2. The molecule has 3 aromatic heterocycles. The Hall–Kier alpha value is -2.64. The van der Waals surface area contributed by atoms with Gasteiger partial charge >= 0.3 is 0 Å². The van der Waals surface area contributed by atoms with Crippen LogP contribution in [0.15, 0.2) is 59.9 Å². The Kier molecular flexibility index (Phi) is 4.96. The molecule has 4 rings (SSSR count). The van der Waals surface area contributed by atoms with Gasteiger partial charge in [0.15, 0.2) is 5.65 Å². The number of thioether (sulfide) groups is 1. The molecule has 0 atom stereocenters. The Morgan fingerprint density at radius 2 is 2.07 bits per heavy atom. The van der Waals surface area contributed by atoms with Crippen molar-refractivity contribution in [1.29, 1.82) is 0 Å². The van der Waals surface area contributed by atoms with Gasteiger partial charge in [0.2, 0.25) is 5.91 Å². The molecule has 1 N–H and O–H groups in total. The third-order valence-electron chi connectivity index (χ3n) is 4.03. The predicted octanol–water partition coefficient (Wildman–Crippen LogP) is 4.08. The summed E-state index contributed by atoms with van der Waals surface area (Å²) in [7, 11) is 0. The number of benzene rings is 1. The zero-order valence-electron chi connectivity index (χ0n) is 14.0. The van der Waals surface area contributed by atoms with Gasteiger partial charge in [0.25, 0.3) is 0 Å². The molecule has 0 aliphatic rings. The van der Waals surface area contributed by atoms with Gasteiger partial charge in [0.05, 0.1) is 16.8 Å². The fourth-order valence-electron chi connectivity index (χ4n) is 2.73. The lowest BCUT2D eigenvalue weighted by molar-refractivity contribution is -0.118. The van der Waals surface area contributed by atoms with E-state index in [2.05, 4.69) is 15.3 Å². The first-order chi connectivity index (χ1) is 13.1. The first-order valence-electron chi connectivity index (χ1n) is 8.17. The normalized spacial score (nSPS) is 11.2. The Morgan fingerprint density at radius 1 is 1.22 bits per heavy atom. The predicted molar refractivity (Wildman–Crippen MR) is 104 cm³/mol. The van der Waals surface area contributed by atoms with Crippen molar-refractivity contribution in [2.24, 2.45) is 0 Å². The van der Waals surface area contributed by atoms with Crippen molar-refractivity contribution in [2.75, 3.05) is 5.75 Å². The highest BCUT2D eigenvalue weighted by atomic mass is 35.5. The molecule has 1 aromatic carbocycles. The van der Waals surface area contributed by atoms with Gasteiger partial charge < -0.3 is 9.72 Å². The van der Waals surface area contributed by atoms with E-state index in [0.29, 0.717) is 16.2 Å². The summed E-state index contributed by atoms with van der Waals surface area (Å²) in [6.45, 7) is 0.242. The third kappa shape index (κ3) is 3.74. The molecule has 0 fully saturated rings. The van der Waals surface area contributed by atoms with Gasteiger partial charge in [-0.25, -0.2) is 14.4 Å². The number of carbonyl (C=O) groups is 1. The van der Waals surface area contributed by atoms with Crippen LogP contribution in [0.3, 0.4) is 0 Å². The number of hydrogen-bond acceptors (Lipinski definition) is 4. The standard InChI is InChI=1S/C19H14ClFN4OS/c20-14-9-13(21)6-5-12(14)10-23-17(26)11-27-19-16-4-2-8-25(16)15-3-1-7-22-18(15)24-19/h1-9H,10-11H2,(H,23,26). The number of rotatable bonds is 5. The Balaban J connectivity index is 1.46. The fraction of sp³-hybridized carbons (Fsp3) is 0.105. The number of nitrogens with one attached hydrogen (secondary N) is 1. The van der Waals surface area contributed by atoms with E-state index in [1.165, 1.54) is 23.9 Å². The van der Waals surface area contributed by atoms with Crippen molar-refractivity contribution < 1.29 is 9.18 Å². The minimum atomic E-state index is -0.405. The van der Waals surface area contributed by atoms with E-state index in [4.69, 9.17) is 11.6 Å². The van der Waals surface area contributed by atoms with Gasteiger partial charge in [0, 0.05) is 24.0 Å². The Morgan fingerprint density at radius 3 is 2.93 bits per heavy atom. The van der Waals surface area contributed by atoms with Gasteiger partial charge in [-0.1, -0.05) is 29.4 Å². The molecule has 0 saturated carbocycles. The average Bonchev–Trinajstić information content (AvgIpc) is 3.16. The van der Waals surface area contributed by atoms with Crippen LogP contribution in [-0.4, -0.2) is 26.0 Å². The van der Waals surface area contributed by atoms with Crippen LogP contribution in [0.4, 0.5) is 4.39 Å². The second kappa shape index (κ2) is 7.54. The van der Waals surface area contributed by atoms with Crippen LogP contribution in [0.2, 0.25) is 5.02 Å². The summed E-state index contributed by atoms with van der Waals surface area (Å²) in [6, 6.07) is 11.8. The molecule has 136 valence electrons. The maximum Gasteiger partial charge on any atom is 0.230 e. The van der Waals surface area contributed by atoms with E-state index < -0.39 is 5.82 Å².